The normalized spacial score (nSPS) is 12.8. The molecule has 0 aliphatic rings. The number of hydrogen-bond donors (Lipinski definition) is 1. The van der Waals surface area contributed by atoms with E-state index >= 15 is 0 Å². The largest absolute Gasteiger partial charge is 0.320 e. The number of nitrogens with two attached hydrogens (primary N) is 1. The lowest BCUT2D eigenvalue weighted by Gasteiger charge is -2.11. The van der Waals surface area contributed by atoms with Crippen molar-refractivity contribution in [2.24, 2.45) is 17.2 Å². The van der Waals surface area contributed by atoms with Crippen molar-refractivity contribution in [1.82, 2.24) is 9.13 Å². The molecule has 132 valence electrons. The zero-order valence-electron chi connectivity index (χ0n) is 14.5. The molecular weight excluding hydrogens is 356 g/mol. The van der Waals surface area contributed by atoms with Gasteiger partial charge >= 0.3 is 0 Å². The fraction of sp³-hybridized carbons (Fsp3) is 0.235. The van der Waals surface area contributed by atoms with Crippen molar-refractivity contribution in [2.75, 3.05) is 7.05 Å². The van der Waals surface area contributed by atoms with Crippen LogP contribution in [-0.2, 0) is 17.1 Å². The number of rotatable bonds is 3. The summed E-state index contributed by atoms with van der Waals surface area (Å²) in [6.07, 6.45) is 0. The van der Waals surface area contributed by atoms with Gasteiger partial charge in [0.15, 0.2) is 4.80 Å². The molecule has 0 saturated carbocycles. The molecule has 0 amide bonds. The highest BCUT2D eigenvalue weighted by Gasteiger charge is 2.16. The maximum absolute atomic E-state index is 11.4. The van der Waals surface area contributed by atoms with Crippen LogP contribution in [0.3, 0.4) is 0 Å². The van der Waals surface area contributed by atoms with E-state index in [0.717, 1.165) is 33.1 Å². The summed E-state index contributed by atoms with van der Waals surface area (Å²) >= 11 is 1.60. The molecule has 0 atom stereocenters. The van der Waals surface area contributed by atoms with E-state index < -0.39 is 10.0 Å². The number of hydrogen-bond acceptors (Lipinski definition) is 4. The number of nitrogens with zero attached hydrogens (tertiary/aromatic N) is 3. The Balaban J connectivity index is 2.13. The van der Waals surface area contributed by atoms with Crippen LogP contribution in [0.25, 0.3) is 16.9 Å². The monoisotopic (exact) mass is 376 g/mol. The van der Waals surface area contributed by atoms with E-state index in [9.17, 15) is 8.42 Å². The molecule has 2 N–H and O–H groups in total. The average Bonchev–Trinajstić information content (AvgIpc) is 3.06. The summed E-state index contributed by atoms with van der Waals surface area (Å²) in [6, 6.07) is 8.72. The third kappa shape index (κ3) is 3.08. The van der Waals surface area contributed by atoms with E-state index in [2.05, 4.69) is 32.5 Å². The van der Waals surface area contributed by atoms with Crippen LogP contribution in [0.15, 0.2) is 45.6 Å². The molecule has 0 saturated heterocycles. The summed E-state index contributed by atoms with van der Waals surface area (Å²) in [7, 11) is 0.0976. The molecule has 3 rings (SSSR count). The van der Waals surface area contributed by atoms with Crippen molar-refractivity contribution in [3.8, 4) is 16.9 Å². The van der Waals surface area contributed by atoms with Gasteiger partial charge in [0.1, 0.15) is 0 Å². The van der Waals surface area contributed by atoms with Crippen molar-refractivity contribution >= 4 is 21.4 Å². The molecule has 2 aromatic heterocycles. The van der Waals surface area contributed by atoms with E-state index in [4.69, 9.17) is 5.14 Å². The molecule has 3 aromatic rings. The predicted molar refractivity (Wildman–Crippen MR) is 100 cm³/mol. The zero-order chi connectivity index (χ0) is 18.4. The molecule has 0 radical (unpaired) electrons. The lowest BCUT2D eigenvalue weighted by atomic mass is 10.2. The summed E-state index contributed by atoms with van der Waals surface area (Å²) in [5.41, 5.74) is 5.27. The molecule has 1 aromatic carbocycles. The van der Waals surface area contributed by atoms with Crippen LogP contribution in [0.5, 0.6) is 0 Å². The van der Waals surface area contributed by atoms with Gasteiger partial charge in [0.05, 0.1) is 10.6 Å². The van der Waals surface area contributed by atoms with Crippen LogP contribution in [0, 0.1) is 13.8 Å². The van der Waals surface area contributed by atoms with Crippen LogP contribution in [0.2, 0.25) is 0 Å². The highest BCUT2D eigenvalue weighted by molar-refractivity contribution is 7.89. The van der Waals surface area contributed by atoms with Gasteiger partial charge in [0.2, 0.25) is 10.0 Å². The zero-order valence-corrected chi connectivity index (χ0v) is 16.1. The molecule has 0 aliphatic carbocycles. The minimum atomic E-state index is -3.69. The number of primary sulfonamides is 1. The Hall–Kier alpha value is -2.16. The minimum absolute atomic E-state index is 0.109. The third-order valence-corrected chi connectivity index (χ3v) is 6.18. The van der Waals surface area contributed by atoms with Crippen LogP contribution in [0.4, 0.5) is 0 Å². The minimum Gasteiger partial charge on any atom is -0.320 e. The Morgan fingerprint density at radius 1 is 1.16 bits per heavy atom. The van der Waals surface area contributed by atoms with Gasteiger partial charge < -0.3 is 9.13 Å². The molecule has 0 aliphatic heterocycles. The second kappa shape index (κ2) is 6.29. The van der Waals surface area contributed by atoms with Crippen molar-refractivity contribution in [2.45, 2.75) is 18.7 Å². The maximum atomic E-state index is 11.4. The van der Waals surface area contributed by atoms with E-state index in [1.807, 2.05) is 14.0 Å². The fourth-order valence-corrected chi connectivity index (χ4v) is 4.40. The van der Waals surface area contributed by atoms with Crippen molar-refractivity contribution in [3.63, 3.8) is 0 Å². The molecule has 2 heterocycles. The molecule has 6 nitrogen and oxygen atoms in total. The first-order chi connectivity index (χ1) is 11.7. The number of sulfonamides is 1. The Bertz CT molecular complexity index is 1100. The molecule has 25 heavy (non-hydrogen) atoms. The van der Waals surface area contributed by atoms with Crippen molar-refractivity contribution < 1.29 is 8.42 Å². The topological polar surface area (TPSA) is 82.4 Å². The molecule has 0 bridgehead atoms. The standard InChI is InChI=1S/C17H20N4O2S2/c1-11-9-15(16-10-24-17(19-3)20(16)4)12(2)21(11)13-5-7-14(8-6-13)25(18,22)23/h5-10H,1-4H3,(H2,18,22,23). The number of benzene rings is 1. The lowest BCUT2D eigenvalue weighted by Crippen LogP contribution is -2.12. The van der Waals surface area contributed by atoms with E-state index in [1.165, 1.54) is 12.1 Å². The smallest absolute Gasteiger partial charge is 0.238 e. The van der Waals surface area contributed by atoms with E-state index in [1.54, 1.807) is 30.5 Å². The van der Waals surface area contributed by atoms with Gasteiger partial charge in [0.25, 0.3) is 0 Å². The molecule has 0 spiro atoms. The first-order valence-corrected chi connectivity index (χ1v) is 10.1. The predicted octanol–water partition coefficient (Wildman–Crippen LogP) is 2.34. The summed E-state index contributed by atoms with van der Waals surface area (Å²) < 4.78 is 27.0. The highest BCUT2D eigenvalue weighted by atomic mass is 32.2. The molecule has 0 fully saturated rings. The van der Waals surface area contributed by atoms with E-state index in [-0.39, 0.29) is 4.90 Å². The summed E-state index contributed by atoms with van der Waals surface area (Å²) in [5.74, 6) is 0. The quantitative estimate of drug-likeness (QED) is 0.761. The second-order valence-electron chi connectivity index (χ2n) is 5.85. The molecule has 8 heteroatoms. The Labute approximate surface area is 150 Å². The van der Waals surface area contributed by atoms with Crippen molar-refractivity contribution in [3.05, 3.63) is 51.9 Å². The maximum Gasteiger partial charge on any atom is 0.238 e. The van der Waals surface area contributed by atoms with Gasteiger partial charge in [-0.3, -0.25) is 4.99 Å². The van der Waals surface area contributed by atoms with Crippen LogP contribution in [0.1, 0.15) is 11.4 Å². The van der Waals surface area contributed by atoms with Crippen LogP contribution in [-0.4, -0.2) is 24.6 Å². The Kier molecular flexibility index (Phi) is 4.44. The third-order valence-electron chi connectivity index (χ3n) is 4.25. The van der Waals surface area contributed by atoms with Gasteiger partial charge in [-0.2, -0.15) is 0 Å². The first kappa shape index (κ1) is 17.7. The fourth-order valence-electron chi connectivity index (χ4n) is 3.02. The van der Waals surface area contributed by atoms with Crippen LogP contribution < -0.4 is 9.94 Å². The summed E-state index contributed by atoms with van der Waals surface area (Å²) in [4.78, 5) is 5.34. The second-order valence-corrected chi connectivity index (χ2v) is 8.24. The van der Waals surface area contributed by atoms with Gasteiger partial charge in [-0.1, -0.05) is 0 Å². The Morgan fingerprint density at radius 3 is 2.32 bits per heavy atom. The Morgan fingerprint density at radius 2 is 1.80 bits per heavy atom. The molecular formula is C17H20N4O2S2. The van der Waals surface area contributed by atoms with Crippen molar-refractivity contribution in [1.29, 1.82) is 0 Å². The summed E-state index contributed by atoms with van der Waals surface area (Å²) in [6.45, 7) is 4.08. The van der Waals surface area contributed by atoms with Gasteiger partial charge in [0, 0.05) is 42.1 Å². The number of aryl methyl sites for hydroxylation is 1. The van der Waals surface area contributed by atoms with E-state index in [0.29, 0.717) is 0 Å². The highest BCUT2D eigenvalue weighted by Crippen LogP contribution is 2.29. The van der Waals surface area contributed by atoms with Crippen LogP contribution >= 0.6 is 11.3 Å². The number of aromatic nitrogens is 2. The number of thiazole rings is 1. The average molecular weight is 377 g/mol. The van der Waals surface area contributed by atoms with Gasteiger partial charge in [-0.25, -0.2) is 13.6 Å². The lowest BCUT2D eigenvalue weighted by molar-refractivity contribution is 0.598. The SMILES string of the molecule is CN=c1scc(-c2cc(C)n(-c3ccc(S(N)(=O)=O)cc3)c2C)n1C. The van der Waals surface area contributed by atoms with Gasteiger partial charge in [-0.15, -0.1) is 11.3 Å². The molecule has 0 unspecified atom stereocenters. The van der Waals surface area contributed by atoms with Gasteiger partial charge in [-0.05, 0) is 44.2 Å². The summed E-state index contributed by atoms with van der Waals surface area (Å²) in [5, 5.41) is 7.27. The first-order valence-electron chi connectivity index (χ1n) is 7.64.